The lowest BCUT2D eigenvalue weighted by Gasteiger charge is -2.15. The molecule has 1 N–H and O–H groups in total. The molecule has 0 saturated heterocycles. The molecule has 3 heteroatoms. The van der Waals surface area contributed by atoms with Crippen LogP contribution in [0.25, 0.3) is 0 Å². The van der Waals surface area contributed by atoms with E-state index in [-0.39, 0.29) is 0 Å². The summed E-state index contributed by atoms with van der Waals surface area (Å²) >= 11 is 0. The van der Waals surface area contributed by atoms with Gasteiger partial charge in [-0.05, 0) is 44.5 Å². The van der Waals surface area contributed by atoms with Gasteiger partial charge in [0.1, 0.15) is 0 Å². The molecular formula is C15H25N3. The summed E-state index contributed by atoms with van der Waals surface area (Å²) in [4.78, 5) is 6.88. The van der Waals surface area contributed by atoms with Gasteiger partial charge in [-0.2, -0.15) is 0 Å². The Labute approximate surface area is 111 Å². The molecular weight excluding hydrogens is 222 g/mol. The van der Waals surface area contributed by atoms with Gasteiger partial charge in [0.2, 0.25) is 0 Å². The van der Waals surface area contributed by atoms with E-state index >= 15 is 0 Å². The largest absolute Gasteiger partial charge is 0.310 e. The molecule has 1 fully saturated rings. The van der Waals surface area contributed by atoms with Crippen molar-refractivity contribution in [2.24, 2.45) is 0 Å². The molecule has 0 spiro atoms. The van der Waals surface area contributed by atoms with E-state index in [0.717, 1.165) is 25.7 Å². The van der Waals surface area contributed by atoms with Gasteiger partial charge in [0.15, 0.2) is 0 Å². The lowest BCUT2D eigenvalue weighted by molar-refractivity contribution is 0.317. The van der Waals surface area contributed by atoms with Crippen molar-refractivity contribution >= 4 is 0 Å². The normalized spacial score (nSPS) is 15.3. The lowest BCUT2D eigenvalue weighted by Crippen LogP contribution is -2.20. The molecule has 100 valence electrons. The third kappa shape index (κ3) is 4.75. The Hall–Kier alpha value is -0.930. The van der Waals surface area contributed by atoms with Gasteiger partial charge in [-0.3, -0.25) is 4.98 Å². The van der Waals surface area contributed by atoms with Crippen LogP contribution in [0.1, 0.15) is 43.9 Å². The second-order valence-corrected chi connectivity index (χ2v) is 5.40. The quantitative estimate of drug-likeness (QED) is 0.765. The number of pyridine rings is 1. The van der Waals surface area contributed by atoms with Gasteiger partial charge in [-0.25, -0.2) is 0 Å². The third-order valence-corrected chi connectivity index (χ3v) is 3.38. The number of unbranched alkanes of at least 4 members (excludes halogenated alkanes) is 1. The first-order valence-corrected chi connectivity index (χ1v) is 7.13. The summed E-state index contributed by atoms with van der Waals surface area (Å²) in [5, 5.41) is 3.51. The van der Waals surface area contributed by atoms with Crippen LogP contribution in [0.4, 0.5) is 0 Å². The summed E-state index contributed by atoms with van der Waals surface area (Å²) in [5.41, 5.74) is 2.46. The van der Waals surface area contributed by atoms with E-state index < -0.39 is 0 Å². The van der Waals surface area contributed by atoms with Crippen molar-refractivity contribution in [3.8, 4) is 0 Å². The molecule has 0 radical (unpaired) electrons. The molecule has 1 aliphatic rings. The Bertz CT molecular complexity index is 343. The van der Waals surface area contributed by atoms with Crippen LogP contribution < -0.4 is 5.32 Å². The van der Waals surface area contributed by atoms with E-state index in [4.69, 9.17) is 0 Å². The fourth-order valence-electron chi connectivity index (χ4n) is 1.99. The highest BCUT2D eigenvalue weighted by molar-refractivity contribution is 5.14. The molecule has 1 heterocycles. The van der Waals surface area contributed by atoms with Gasteiger partial charge in [0, 0.05) is 25.3 Å². The van der Waals surface area contributed by atoms with Crippen LogP contribution in [-0.2, 0) is 13.1 Å². The number of nitrogens with one attached hydrogen (secondary N) is 1. The summed E-state index contributed by atoms with van der Waals surface area (Å²) in [6, 6.07) is 5.13. The molecule has 18 heavy (non-hydrogen) atoms. The minimum atomic E-state index is 0.768. The molecule has 1 aromatic heterocycles. The van der Waals surface area contributed by atoms with E-state index in [1.54, 1.807) is 0 Å². The van der Waals surface area contributed by atoms with Gasteiger partial charge in [-0.15, -0.1) is 0 Å². The first-order chi connectivity index (χ1) is 8.78. The molecule has 1 aliphatic carbocycles. The van der Waals surface area contributed by atoms with Crippen molar-refractivity contribution < 1.29 is 0 Å². The molecule has 2 rings (SSSR count). The standard InChI is InChI=1S/C15H25N3/c1-3-4-9-18(2)12-15-6-5-13(11-17-15)10-16-14-7-8-14/h5-6,11,14,16H,3-4,7-10,12H2,1-2H3. The Morgan fingerprint density at radius 2 is 2.22 bits per heavy atom. The fraction of sp³-hybridized carbons (Fsp3) is 0.667. The maximum absolute atomic E-state index is 4.54. The molecule has 0 atom stereocenters. The Kier molecular flexibility index (Phi) is 5.14. The number of aromatic nitrogens is 1. The Balaban J connectivity index is 1.75. The second kappa shape index (κ2) is 6.86. The van der Waals surface area contributed by atoms with Gasteiger partial charge in [0.05, 0.1) is 5.69 Å². The zero-order valence-electron chi connectivity index (χ0n) is 11.7. The molecule has 0 bridgehead atoms. The van der Waals surface area contributed by atoms with Crippen LogP contribution in [0.2, 0.25) is 0 Å². The predicted octanol–water partition coefficient (Wildman–Crippen LogP) is 2.57. The molecule has 0 aliphatic heterocycles. The Morgan fingerprint density at radius 3 is 2.83 bits per heavy atom. The first kappa shape index (κ1) is 13.5. The first-order valence-electron chi connectivity index (χ1n) is 7.13. The molecule has 0 unspecified atom stereocenters. The summed E-state index contributed by atoms with van der Waals surface area (Å²) < 4.78 is 0. The second-order valence-electron chi connectivity index (χ2n) is 5.40. The number of hydrogen-bond donors (Lipinski definition) is 1. The molecule has 3 nitrogen and oxygen atoms in total. The van der Waals surface area contributed by atoms with Crippen molar-refractivity contribution in [3.05, 3.63) is 29.6 Å². The van der Waals surface area contributed by atoms with E-state index in [0.29, 0.717) is 0 Å². The van der Waals surface area contributed by atoms with Gasteiger partial charge in [0.25, 0.3) is 0 Å². The number of hydrogen-bond acceptors (Lipinski definition) is 3. The van der Waals surface area contributed by atoms with Gasteiger partial charge < -0.3 is 10.2 Å². The van der Waals surface area contributed by atoms with Crippen LogP contribution in [0, 0.1) is 0 Å². The van der Waals surface area contributed by atoms with Crippen molar-refractivity contribution in [3.63, 3.8) is 0 Å². The average molecular weight is 247 g/mol. The van der Waals surface area contributed by atoms with Crippen LogP contribution >= 0.6 is 0 Å². The third-order valence-electron chi connectivity index (χ3n) is 3.38. The maximum Gasteiger partial charge on any atom is 0.0544 e. The van der Waals surface area contributed by atoms with E-state index in [1.807, 2.05) is 6.20 Å². The monoisotopic (exact) mass is 247 g/mol. The highest BCUT2D eigenvalue weighted by Gasteiger charge is 2.19. The van der Waals surface area contributed by atoms with Gasteiger partial charge in [-0.1, -0.05) is 19.4 Å². The molecule has 0 amide bonds. The van der Waals surface area contributed by atoms with E-state index in [2.05, 4.69) is 41.3 Å². The zero-order chi connectivity index (χ0) is 12.8. The Morgan fingerprint density at radius 1 is 1.39 bits per heavy atom. The van der Waals surface area contributed by atoms with E-state index in [1.165, 1.54) is 36.9 Å². The summed E-state index contributed by atoms with van der Waals surface area (Å²) in [6.45, 7) is 5.30. The van der Waals surface area contributed by atoms with E-state index in [9.17, 15) is 0 Å². The summed E-state index contributed by atoms with van der Waals surface area (Å²) in [7, 11) is 2.17. The maximum atomic E-state index is 4.54. The highest BCUT2D eigenvalue weighted by atomic mass is 15.1. The average Bonchev–Trinajstić information content (AvgIpc) is 3.20. The minimum Gasteiger partial charge on any atom is -0.310 e. The SMILES string of the molecule is CCCCN(C)Cc1ccc(CNC2CC2)cn1. The summed E-state index contributed by atoms with van der Waals surface area (Å²) in [5.74, 6) is 0. The van der Waals surface area contributed by atoms with Crippen LogP contribution in [-0.4, -0.2) is 29.5 Å². The van der Waals surface area contributed by atoms with Crippen LogP contribution in [0.3, 0.4) is 0 Å². The van der Waals surface area contributed by atoms with Crippen molar-refractivity contribution in [2.45, 2.75) is 51.7 Å². The highest BCUT2D eigenvalue weighted by Crippen LogP contribution is 2.19. The fourth-order valence-corrected chi connectivity index (χ4v) is 1.99. The smallest absolute Gasteiger partial charge is 0.0544 e. The number of nitrogens with zero attached hydrogens (tertiary/aromatic N) is 2. The van der Waals surface area contributed by atoms with Crippen molar-refractivity contribution in [1.82, 2.24) is 15.2 Å². The van der Waals surface area contributed by atoms with Crippen molar-refractivity contribution in [1.29, 1.82) is 0 Å². The van der Waals surface area contributed by atoms with Crippen molar-refractivity contribution in [2.75, 3.05) is 13.6 Å². The molecule has 1 aromatic rings. The predicted molar refractivity (Wildman–Crippen MR) is 75.3 cm³/mol. The molecule has 0 aromatic carbocycles. The van der Waals surface area contributed by atoms with Gasteiger partial charge >= 0.3 is 0 Å². The summed E-state index contributed by atoms with van der Waals surface area (Å²) in [6.07, 6.45) is 7.21. The van der Waals surface area contributed by atoms with Crippen LogP contribution in [0.15, 0.2) is 18.3 Å². The minimum absolute atomic E-state index is 0.768. The topological polar surface area (TPSA) is 28.2 Å². The lowest BCUT2D eigenvalue weighted by atomic mass is 10.2. The molecule has 1 saturated carbocycles. The number of rotatable bonds is 8. The zero-order valence-corrected chi connectivity index (χ0v) is 11.7. The van der Waals surface area contributed by atoms with Crippen LogP contribution in [0.5, 0.6) is 0 Å².